The number of hydrogen-bond donors (Lipinski definition) is 1. The summed E-state index contributed by atoms with van der Waals surface area (Å²) in [6.07, 6.45) is 3.22. The standard InChI is InChI=1S/C15H21BrN2O/c1-3-12-10-13(16)6-7-14(12)17-11(2)15(19)18-8-4-5-9-18/h6-7,10-11,17H,3-5,8-9H2,1-2H3. The van der Waals surface area contributed by atoms with Crippen LogP contribution in [0, 0.1) is 0 Å². The molecule has 0 aromatic heterocycles. The number of amides is 1. The summed E-state index contributed by atoms with van der Waals surface area (Å²) >= 11 is 3.48. The number of halogens is 1. The molecule has 1 fully saturated rings. The van der Waals surface area contributed by atoms with Crippen molar-refractivity contribution in [2.24, 2.45) is 0 Å². The Morgan fingerprint density at radius 2 is 2.11 bits per heavy atom. The third kappa shape index (κ3) is 3.50. The summed E-state index contributed by atoms with van der Waals surface area (Å²) in [7, 11) is 0. The number of hydrogen-bond acceptors (Lipinski definition) is 2. The molecule has 1 atom stereocenters. The van der Waals surface area contributed by atoms with E-state index in [-0.39, 0.29) is 11.9 Å². The van der Waals surface area contributed by atoms with E-state index in [4.69, 9.17) is 0 Å². The van der Waals surface area contributed by atoms with Gasteiger partial charge in [0, 0.05) is 23.2 Å². The van der Waals surface area contributed by atoms with Gasteiger partial charge in [0.25, 0.3) is 0 Å². The normalized spacial score (nSPS) is 16.5. The fourth-order valence-corrected chi connectivity index (χ4v) is 2.91. The van der Waals surface area contributed by atoms with Gasteiger partial charge >= 0.3 is 0 Å². The summed E-state index contributed by atoms with van der Waals surface area (Å²) in [5, 5.41) is 3.35. The lowest BCUT2D eigenvalue weighted by atomic mass is 10.1. The predicted molar refractivity (Wildman–Crippen MR) is 82.4 cm³/mol. The molecule has 104 valence electrons. The molecule has 2 rings (SSSR count). The van der Waals surface area contributed by atoms with Crippen LogP contribution in [-0.2, 0) is 11.2 Å². The first kappa shape index (κ1) is 14.4. The molecule has 1 aromatic carbocycles. The molecule has 1 saturated heterocycles. The summed E-state index contributed by atoms with van der Waals surface area (Å²) in [5.41, 5.74) is 2.29. The molecular formula is C15H21BrN2O. The lowest BCUT2D eigenvalue weighted by Crippen LogP contribution is -2.39. The molecule has 4 heteroatoms. The summed E-state index contributed by atoms with van der Waals surface area (Å²) in [6, 6.07) is 5.99. The second-order valence-corrected chi connectivity index (χ2v) is 5.97. The summed E-state index contributed by atoms with van der Waals surface area (Å²) < 4.78 is 1.08. The molecule has 1 aromatic rings. The first-order valence-corrected chi connectivity index (χ1v) is 7.75. The number of carbonyl (C=O) groups is 1. The monoisotopic (exact) mass is 324 g/mol. The van der Waals surface area contributed by atoms with Gasteiger partial charge in [-0.2, -0.15) is 0 Å². The second-order valence-electron chi connectivity index (χ2n) is 5.05. The van der Waals surface area contributed by atoms with Crippen molar-refractivity contribution in [3.8, 4) is 0 Å². The minimum atomic E-state index is -0.162. The molecule has 1 amide bonds. The molecule has 1 N–H and O–H groups in total. The van der Waals surface area contributed by atoms with Crippen LogP contribution in [0.25, 0.3) is 0 Å². The van der Waals surface area contributed by atoms with Crippen LogP contribution in [0.5, 0.6) is 0 Å². The van der Waals surface area contributed by atoms with E-state index in [0.29, 0.717) is 0 Å². The molecule has 3 nitrogen and oxygen atoms in total. The van der Waals surface area contributed by atoms with Crippen molar-refractivity contribution in [1.29, 1.82) is 0 Å². The maximum absolute atomic E-state index is 12.3. The Morgan fingerprint density at radius 3 is 2.74 bits per heavy atom. The SMILES string of the molecule is CCc1cc(Br)ccc1NC(C)C(=O)N1CCCC1. The maximum atomic E-state index is 12.3. The molecule has 0 bridgehead atoms. The molecular weight excluding hydrogens is 304 g/mol. The second kappa shape index (κ2) is 6.42. The molecule has 0 saturated carbocycles. The first-order chi connectivity index (χ1) is 9.11. The highest BCUT2D eigenvalue weighted by atomic mass is 79.9. The van der Waals surface area contributed by atoms with E-state index in [9.17, 15) is 4.79 Å². The van der Waals surface area contributed by atoms with Crippen LogP contribution in [0.4, 0.5) is 5.69 Å². The van der Waals surface area contributed by atoms with E-state index in [2.05, 4.69) is 34.2 Å². The Labute approximate surface area is 123 Å². The van der Waals surface area contributed by atoms with Gasteiger partial charge in [0.2, 0.25) is 5.91 Å². The predicted octanol–water partition coefficient (Wildman–Crippen LogP) is 3.43. The summed E-state index contributed by atoms with van der Waals surface area (Å²) in [5.74, 6) is 0.211. The zero-order valence-electron chi connectivity index (χ0n) is 11.6. The Hall–Kier alpha value is -1.03. The molecule has 0 radical (unpaired) electrons. The number of nitrogens with zero attached hydrogens (tertiary/aromatic N) is 1. The van der Waals surface area contributed by atoms with E-state index >= 15 is 0 Å². The van der Waals surface area contributed by atoms with Gasteiger partial charge in [-0.3, -0.25) is 4.79 Å². The molecule has 1 aliphatic rings. The van der Waals surface area contributed by atoms with Crippen LogP contribution in [0.1, 0.15) is 32.3 Å². The number of benzene rings is 1. The van der Waals surface area contributed by atoms with Gasteiger partial charge in [0.1, 0.15) is 6.04 Å². The fraction of sp³-hybridized carbons (Fsp3) is 0.533. The number of aryl methyl sites for hydroxylation is 1. The van der Waals surface area contributed by atoms with Crippen molar-refractivity contribution >= 4 is 27.5 Å². The highest BCUT2D eigenvalue weighted by molar-refractivity contribution is 9.10. The zero-order valence-corrected chi connectivity index (χ0v) is 13.2. The number of anilines is 1. The van der Waals surface area contributed by atoms with Crippen LogP contribution < -0.4 is 5.32 Å². The molecule has 1 aliphatic heterocycles. The van der Waals surface area contributed by atoms with E-state index in [0.717, 1.165) is 42.5 Å². The van der Waals surface area contributed by atoms with Crippen molar-refractivity contribution in [3.05, 3.63) is 28.2 Å². The number of rotatable bonds is 4. The van der Waals surface area contributed by atoms with E-state index < -0.39 is 0 Å². The Morgan fingerprint density at radius 1 is 1.42 bits per heavy atom. The third-order valence-electron chi connectivity index (χ3n) is 3.61. The maximum Gasteiger partial charge on any atom is 0.244 e. The van der Waals surface area contributed by atoms with Crippen LogP contribution in [0.2, 0.25) is 0 Å². The van der Waals surface area contributed by atoms with Gasteiger partial charge in [0.05, 0.1) is 0 Å². The van der Waals surface area contributed by atoms with E-state index in [1.54, 1.807) is 0 Å². The van der Waals surface area contributed by atoms with Crippen molar-refractivity contribution in [1.82, 2.24) is 4.90 Å². The third-order valence-corrected chi connectivity index (χ3v) is 4.10. The van der Waals surface area contributed by atoms with Crippen molar-refractivity contribution < 1.29 is 4.79 Å². The van der Waals surface area contributed by atoms with Crippen molar-refractivity contribution in [2.75, 3.05) is 18.4 Å². The number of carbonyl (C=O) groups excluding carboxylic acids is 1. The van der Waals surface area contributed by atoms with Crippen LogP contribution >= 0.6 is 15.9 Å². The summed E-state index contributed by atoms with van der Waals surface area (Å²) in [4.78, 5) is 14.2. The van der Waals surface area contributed by atoms with Gasteiger partial charge < -0.3 is 10.2 Å². The minimum Gasteiger partial charge on any atom is -0.374 e. The number of nitrogens with one attached hydrogen (secondary N) is 1. The topological polar surface area (TPSA) is 32.3 Å². The van der Waals surface area contributed by atoms with Gasteiger partial charge in [-0.1, -0.05) is 22.9 Å². The molecule has 19 heavy (non-hydrogen) atoms. The average molecular weight is 325 g/mol. The molecule has 1 heterocycles. The van der Waals surface area contributed by atoms with Gasteiger partial charge in [-0.25, -0.2) is 0 Å². The molecule has 1 unspecified atom stereocenters. The minimum absolute atomic E-state index is 0.162. The summed E-state index contributed by atoms with van der Waals surface area (Å²) in [6.45, 7) is 5.89. The van der Waals surface area contributed by atoms with Crippen molar-refractivity contribution in [2.45, 2.75) is 39.2 Å². The number of likely N-dealkylation sites (tertiary alicyclic amines) is 1. The Balaban J connectivity index is 2.05. The highest BCUT2D eigenvalue weighted by Crippen LogP contribution is 2.22. The lowest BCUT2D eigenvalue weighted by molar-refractivity contribution is -0.130. The highest BCUT2D eigenvalue weighted by Gasteiger charge is 2.23. The van der Waals surface area contributed by atoms with Gasteiger partial charge in [-0.05, 0) is 49.9 Å². The molecule has 0 aliphatic carbocycles. The average Bonchev–Trinajstić information content (AvgIpc) is 2.93. The zero-order chi connectivity index (χ0) is 13.8. The smallest absolute Gasteiger partial charge is 0.244 e. The van der Waals surface area contributed by atoms with E-state index in [1.165, 1.54) is 5.56 Å². The Kier molecular flexibility index (Phi) is 4.86. The van der Waals surface area contributed by atoms with Crippen LogP contribution in [0.15, 0.2) is 22.7 Å². The fourth-order valence-electron chi connectivity index (χ4n) is 2.50. The molecule has 0 spiro atoms. The Bertz CT molecular complexity index is 455. The lowest BCUT2D eigenvalue weighted by Gasteiger charge is -2.23. The van der Waals surface area contributed by atoms with Crippen molar-refractivity contribution in [3.63, 3.8) is 0 Å². The van der Waals surface area contributed by atoms with Crippen LogP contribution in [0.3, 0.4) is 0 Å². The largest absolute Gasteiger partial charge is 0.374 e. The van der Waals surface area contributed by atoms with E-state index in [1.807, 2.05) is 24.0 Å². The quantitative estimate of drug-likeness (QED) is 0.920. The van der Waals surface area contributed by atoms with Gasteiger partial charge in [-0.15, -0.1) is 0 Å². The van der Waals surface area contributed by atoms with Crippen LogP contribution in [-0.4, -0.2) is 29.9 Å². The van der Waals surface area contributed by atoms with Gasteiger partial charge in [0.15, 0.2) is 0 Å². The first-order valence-electron chi connectivity index (χ1n) is 6.95.